The van der Waals surface area contributed by atoms with Crippen LogP contribution < -0.4 is 14.8 Å². The number of nitrogens with one attached hydrogen (secondary N) is 1. The van der Waals surface area contributed by atoms with Crippen molar-refractivity contribution in [3.05, 3.63) is 125 Å². The molecule has 0 spiro atoms. The lowest BCUT2D eigenvalue weighted by Crippen LogP contribution is -2.23. The van der Waals surface area contributed by atoms with Crippen LogP contribution in [0.2, 0.25) is 5.02 Å². The second-order valence-corrected chi connectivity index (χ2v) is 8.16. The van der Waals surface area contributed by atoms with Gasteiger partial charge in [0.15, 0.2) is 0 Å². The van der Waals surface area contributed by atoms with E-state index >= 15 is 0 Å². The van der Waals surface area contributed by atoms with Crippen LogP contribution in [-0.4, -0.2) is 10.9 Å². The lowest BCUT2D eigenvalue weighted by atomic mass is 10.1. The van der Waals surface area contributed by atoms with E-state index in [0.29, 0.717) is 28.7 Å². The third-order valence-corrected chi connectivity index (χ3v) is 5.42. The molecule has 1 aromatic heterocycles. The first-order valence-corrected chi connectivity index (χ1v) is 11.5. The minimum Gasteiger partial charge on any atom is -0.489 e. The molecule has 0 aliphatic rings. The summed E-state index contributed by atoms with van der Waals surface area (Å²) in [6.07, 6.45) is 4.88. The number of nitriles is 1. The SMILES string of the molecule is N#C/C(=C\c1ccc(OCc2cccnc2)cc1Cl)C(=O)NCc1cccc(Oc2ccccc2)c1. The number of hydrogen-bond donors (Lipinski definition) is 1. The highest BCUT2D eigenvalue weighted by Crippen LogP contribution is 2.25. The quantitative estimate of drug-likeness (QED) is 0.216. The number of carbonyl (C=O) groups excluding carboxylic acids is 1. The maximum atomic E-state index is 12.7. The maximum absolute atomic E-state index is 12.7. The Bertz CT molecular complexity index is 1400. The smallest absolute Gasteiger partial charge is 0.262 e. The molecule has 0 fully saturated rings. The maximum Gasteiger partial charge on any atom is 0.262 e. The van der Waals surface area contributed by atoms with Gasteiger partial charge in [0.05, 0.1) is 5.02 Å². The molecule has 0 radical (unpaired) electrons. The van der Waals surface area contributed by atoms with E-state index in [1.165, 1.54) is 6.08 Å². The largest absolute Gasteiger partial charge is 0.489 e. The van der Waals surface area contributed by atoms with E-state index in [1.54, 1.807) is 30.6 Å². The fraction of sp³-hybridized carbons (Fsp3) is 0.0690. The van der Waals surface area contributed by atoms with Gasteiger partial charge in [-0.25, -0.2) is 0 Å². The highest BCUT2D eigenvalue weighted by molar-refractivity contribution is 6.32. The van der Waals surface area contributed by atoms with Crippen molar-refractivity contribution in [3.8, 4) is 23.3 Å². The number of benzene rings is 3. The molecule has 36 heavy (non-hydrogen) atoms. The van der Waals surface area contributed by atoms with Crippen LogP contribution in [0.15, 0.2) is 103 Å². The fourth-order valence-corrected chi connectivity index (χ4v) is 3.52. The van der Waals surface area contributed by atoms with Gasteiger partial charge in [0.2, 0.25) is 0 Å². The van der Waals surface area contributed by atoms with Crippen molar-refractivity contribution < 1.29 is 14.3 Å². The Morgan fingerprint density at radius 1 is 0.944 bits per heavy atom. The second kappa shape index (κ2) is 12.2. The van der Waals surface area contributed by atoms with Crippen LogP contribution in [0.5, 0.6) is 17.2 Å². The van der Waals surface area contributed by atoms with Crippen molar-refractivity contribution in [1.29, 1.82) is 5.26 Å². The van der Waals surface area contributed by atoms with E-state index < -0.39 is 5.91 Å². The van der Waals surface area contributed by atoms with Gasteiger partial charge in [0.1, 0.15) is 35.5 Å². The number of pyridine rings is 1. The van der Waals surface area contributed by atoms with Crippen molar-refractivity contribution in [3.63, 3.8) is 0 Å². The number of hydrogen-bond acceptors (Lipinski definition) is 5. The summed E-state index contributed by atoms with van der Waals surface area (Å²) in [4.78, 5) is 16.7. The minimum absolute atomic E-state index is 0.0578. The molecule has 0 atom stereocenters. The molecule has 6 nitrogen and oxygen atoms in total. The monoisotopic (exact) mass is 495 g/mol. The molecule has 7 heteroatoms. The summed E-state index contributed by atoms with van der Waals surface area (Å²) in [5.74, 6) is 1.45. The minimum atomic E-state index is -0.500. The zero-order chi connectivity index (χ0) is 25.2. The Balaban J connectivity index is 1.37. The number of nitrogens with zero attached hydrogens (tertiary/aromatic N) is 2. The third kappa shape index (κ3) is 6.95. The highest BCUT2D eigenvalue weighted by Gasteiger charge is 2.11. The zero-order valence-corrected chi connectivity index (χ0v) is 20.0. The Morgan fingerprint density at radius 2 is 1.75 bits per heavy atom. The number of ether oxygens (including phenoxy) is 2. The first kappa shape index (κ1) is 24.5. The molecule has 0 unspecified atom stereocenters. The van der Waals surface area contributed by atoms with Gasteiger partial charge in [-0.2, -0.15) is 5.26 Å². The zero-order valence-electron chi connectivity index (χ0n) is 19.2. The predicted molar refractivity (Wildman–Crippen MR) is 138 cm³/mol. The van der Waals surface area contributed by atoms with Crippen molar-refractivity contribution in [2.24, 2.45) is 0 Å². The van der Waals surface area contributed by atoms with Gasteiger partial charge >= 0.3 is 0 Å². The average molecular weight is 496 g/mol. The number of aromatic nitrogens is 1. The second-order valence-electron chi connectivity index (χ2n) is 7.75. The predicted octanol–water partition coefficient (Wildman–Crippen LogP) is 6.33. The van der Waals surface area contributed by atoms with Gasteiger partial charge in [-0.15, -0.1) is 0 Å². The molecule has 0 aliphatic carbocycles. The summed E-state index contributed by atoms with van der Waals surface area (Å²) < 4.78 is 11.6. The Morgan fingerprint density at radius 3 is 2.50 bits per heavy atom. The van der Waals surface area contributed by atoms with Crippen molar-refractivity contribution in [2.75, 3.05) is 0 Å². The lowest BCUT2D eigenvalue weighted by molar-refractivity contribution is -0.117. The normalized spacial score (nSPS) is 10.8. The summed E-state index contributed by atoms with van der Waals surface area (Å²) in [6, 6.07) is 27.6. The molecule has 1 N–H and O–H groups in total. The molecule has 4 rings (SSSR count). The number of amides is 1. The molecular formula is C29H22ClN3O3. The van der Waals surface area contributed by atoms with Crippen molar-refractivity contribution in [1.82, 2.24) is 10.3 Å². The standard InChI is InChI=1S/C29H22ClN3O3/c30-28-16-26(35-20-22-7-5-13-32-18-22)12-11-23(28)15-24(17-31)29(34)33-19-21-6-4-10-27(14-21)36-25-8-2-1-3-9-25/h1-16,18H,19-20H2,(H,33,34)/b24-15+. The van der Waals surface area contributed by atoms with Crippen LogP contribution in [0.1, 0.15) is 16.7 Å². The van der Waals surface area contributed by atoms with Gasteiger partial charge in [0, 0.05) is 24.5 Å². The molecule has 1 amide bonds. The summed E-state index contributed by atoms with van der Waals surface area (Å²) >= 11 is 6.38. The Labute approximate surface area is 214 Å². The summed E-state index contributed by atoms with van der Waals surface area (Å²) in [5, 5.41) is 12.7. The molecule has 1 heterocycles. The Kier molecular flexibility index (Phi) is 8.31. The highest BCUT2D eigenvalue weighted by atomic mass is 35.5. The molecule has 4 aromatic rings. The summed E-state index contributed by atoms with van der Waals surface area (Å²) in [7, 11) is 0. The summed E-state index contributed by atoms with van der Waals surface area (Å²) in [5.41, 5.74) is 2.24. The molecule has 178 valence electrons. The molecular weight excluding hydrogens is 474 g/mol. The van der Waals surface area contributed by atoms with Crippen LogP contribution >= 0.6 is 11.6 Å². The first-order chi connectivity index (χ1) is 17.6. The third-order valence-electron chi connectivity index (χ3n) is 5.10. The van der Waals surface area contributed by atoms with Crippen LogP contribution in [0.25, 0.3) is 6.08 Å². The van der Waals surface area contributed by atoms with E-state index in [1.807, 2.05) is 72.8 Å². The first-order valence-electron chi connectivity index (χ1n) is 11.1. The lowest BCUT2D eigenvalue weighted by Gasteiger charge is -2.09. The van der Waals surface area contributed by atoms with Gasteiger partial charge in [-0.3, -0.25) is 9.78 Å². The number of halogens is 1. The van der Waals surface area contributed by atoms with E-state index in [-0.39, 0.29) is 12.1 Å². The molecule has 0 saturated carbocycles. The van der Waals surface area contributed by atoms with Crippen molar-refractivity contribution in [2.45, 2.75) is 13.2 Å². The van der Waals surface area contributed by atoms with E-state index in [9.17, 15) is 10.1 Å². The average Bonchev–Trinajstić information content (AvgIpc) is 2.91. The van der Waals surface area contributed by atoms with Gasteiger partial charge < -0.3 is 14.8 Å². The van der Waals surface area contributed by atoms with Crippen LogP contribution in [-0.2, 0) is 17.9 Å². The van der Waals surface area contributed by atoms with Gasteiger partial charge in [0.25, 0.3) is 5.91 Å². The van der Waals surface area contributed by atoms with Crippen LogP contribution in [0.3, 0.4) is 0 Å². The molecule has 0 bridgehead atoms. The van der Waals surface area contributed by atoms with E-state index in [2.05, 4.69) is 10.3 Å². The fourth-order valence-electron chi connectivity index (χ4n) is 3.29. The van der Waals surface area contributed by atoms with Crippen LogP contribution in [0, 0.1) is 11.3 Å². The van der Waals surface area contributed by atoms with Gasteiger partial charge in [-0.05, 0) is 65.7 Å². The molecule has 3 aromatic carbocycles. The molecule has 0 aliphatic heterocycles. The number of rotatable bonds is 9. The van der Waals surface area contributed by atoms with E-state index in [4.69, 9.17) is 21.1 Å². The van der Waals surface area contributed by atoms with Gasteiger partial charge in [-0.1, -0.05) is 48.0 Å². The topological polar surface area (TPSA) is 84.2 Å². The van der Waals surface area contributed by atoms with E-state index in [0.717, 1.165) is 16.9 Å². The van der Waals surface area contributed by atoms with Crippen molar-refractivity contribution >= 4 is 23.6 Å². The number of para-hydroxylation sites is 1. The summed E-state index contributed by atoms with van der Waals surface area (Å²) in [6.45, 7) is 0.585. The number of carbonyl (C=O) groups is 1. The van der Waals surface area contributed by atoms with Crippen LogP contribution in [0.4, 0.5) is 0 Å². The Hall–Kier alpha value is -4.60. The molecule has 0 saturated heterocycles.